The van der Waals surface area contributed by atoms with Gasteiger partial charge in [0.25, 0.3) is 0 Å². The number of imidazole rings is 1. The highest BCUT2D eigenvalue weighted by Gasteiger charge is 2.38. The van der Waals surface area contributed by atoms with E-state index in [0.717, 1.165) is 50.6 Å². The Kier molecular flexibility index (Phi) is 6.32. The molecule has 5 aromatic carbocycles. The quantitative estimate of drug-likeness (QED) is 0.185. The van der Waals surface area contributed by atoms with Crippen LogP contribution in [0.2, 0.25) is 0 Å². The molecule has 6 nitrogen and oxygen atoms in total. The molecule has 6 heteroatoms. The van der Waals surface area contributed by atoms with Crippen LogP contribution in [0.3, 0.4) is 0 Å². The van der Waals surface area contributed by atoms with E-state index >= 15 is 0 Å². The molecular weight excluding hydrogens is 651 g/mol. The lowest BCUT2D eigenvalue weighted by Crippen LogP contribution is -2.30. The molecule has 3 aliphatic rings. The zero-order valence-corrected chi connectivity index (χ0v) is 29.4. The lowest BCUT2D eigenvalue weighted by Gasteiger charge is -2.42. The summed E-state index contributed by atoms with van der Waals surface area (Å²) in [6, 6.07) is 45.4. The van der Waals surface area contributed by atoms with Crippen molar-refractivity contribution in [1.29, 1.82) is 0 Å². The van der Waals surface area contributed by atoms with Crippen LogP contribution in [0.1, 0.15) is 48.2 Å². The molecule has 0 amide bonds. The predicted molar refractivity (Wildman–Crippen MR) is 212 cm³/mol. The van der Waals surface area contributed by atoms with Crippen LogP contribution < -0.4 is 9.64 Å². The number of rotatable bonds is 4. The van der Waals surface area contributed by atoms with E-state index in [0.29, 0.717) is 0 Å². The molecule has 0 bridgehead atoms. The van der Waals surface area contributed by atoms with Gasteiger partial charge in [-0.3, -0.25) is 4.57 Å². The number of para-hydroxylation sites is 3. The van der Waals surface area contributed by atoms with Crippen molar-refractivity contribution in [2.45, 2.75) is 31.1 Å². The Morgan fingerprint density at radius 2 is 1.45 bits per heavy atom. The van der Waals surface area contributed by atoms with E-state index in [1.54, 1.807) is 0 Å². The summed E-state index contributed by atoms with van der Waals surface area (Å²) in [4.78, 5) is 12.2. The third-order valence-corrected chi connectivity index (χ3v) is 11.4. The summed E-state index contributed by atoms with van der Waals surface area (Å²) in [5.41, 5.74) is 11.4. The molecule has 2 aliphatic heterocycles. The Labute approximate surface area is 307 Å². The fourth-order valence-electron chi connectivity index (χ4n) is 8.98. The Morgan fingerprint density at radius 1 is 0.642 bits per heavy atom. The SMILES string of the molecule is CC1(C)c2ccccc2N(c2ccccc2)c2cc3c4cccnc4n(-c4cccc(OC5=CC6c7nccn7-c7ccccc7C6C=C5)c4)c3cc21. The summed E-state index contributed by atoms with van der Waals surface area (Å²) in [6.07, 6.45) is 12.4. The van der Waals surface area contributed by atoms with Gasteiger partial charge in [-0.05, 0) is 89.5 Å². The molecule has 0 saturated heterocycles. The maximum atomic E-state index is 6.67. The van der Waals surface area contributed by atoms with Gasteiger partial charge in [0.2, 0.25) is 0 Å². The van der Waals surface area contributed by atoms with Crippen LogP contribution in [-0.4, -0.2) is 19.1 Å². The number of hydrogen-bond donors (Lipinski definition) is 0. The van der Waals surface area contributed by atoms with Crippen molar-refractivity contribution >= 4 is 39.0 Å². The molecule has 2 atom stereocenters. The fourth-order valence-corrected chi connectivity index (χ4v) is 8.98. The van der Waals surface area contributed by atoms with Crippen molar-refractivity contribution in [1.82, 2.24) is 19.1 Å². The second-order valence-electron chi connectivity index (χ2n) is 14.7. The minimum absolute atomic E-state index is 0.0831. The number of fused-ring (bicyclic) bond motifs is 11. The maximum absolute atomic E-state index is 6.67. The molecule has 11 rings (SSSR count). The van der Waals surface area contributed by atoms with E-state index in [1.807, 2.05) is 24.5 Å². The highest BCUT2D eigenvalue weighted by molar-refractivity contribution is 6.10. The third-order valence-electron chi connectivity index (χ3n) is 11.4. The zero-order valence-electron chi connectivity index (χ0n) is 29.4. The summed E-state index contributed by atoms with van der Waals surface area (Å²) in [6.45, 7) is 4.68. The van der Waals surface area contributed by atoms with Gasteiger partial charge >= 0.3 is 0 Å². The zero-order chi connectivity index (χ0) is 35.3. The van der Waals surface area contributed by atoms with E-state index in [9.17, 15) is 0 Å². The topological polar surface area (TPSA) is 48.1 Å². The Balaban J connectivity index is 1.04. The number of hydrogen-bond acceptors (Lipinski definition) is 4. The molecule has 3 aromatic heterocycles. The summed E-state index contributed by atoms with van der Waals surface area (Å²) >= 11 is 0. The van der Waals surface area contributed by atoms with Gasteiger partial charge in [-0.2, -0.15) is 0 Å². The third kappa shape index (κ3) is 4.39. The van der Waals surface area contributed by atoms with Gasteiger partial charge in [-0.1, -0.05) is 80.6 Å². The molecule has 8 aromatic rings. The molecule has 0 fully saturated rings. The smallest absolute Gasteiger partial charge is 0.145 e. The van der Waals surface area contributed by atoms with Crippen molar-refractivity contribution in [2.75, 3.05) is 4.90 Å². The average Bonchev–Trinajstić information content (AvgIpc) is 3.82. The van der Waals surface area contributed by atoms with Crippen molar-refractivity contribution < 1.29 is 4.74 Å². The van der Waals surface area contributed by atoms with Crippen molar-refractivity contribution in [3.8, 4) is 17.1 Å². The Hall–Kier alpha value is -6.66. The molecule has 2 unspecified atom stereocenters. The maximum Gasteiger partial charge on any atom is 0.145 e. The first-order valence-corrected chi connectivity index (χ1v) is 18.2. The van der Waals surface area contributed by atoms with Crippen molar-refractivity contribution in [2.24, 2.45) is 0 Å². The van der Waals surface area contributed by atoms with Crippen LogP contribution in [0, 0.1) is 0 Å². The molecule has 254 valence electrons. The van der Waals surface area contributed by atoms with E-state index in [1.165, 1.54) is 33.8 Å². The van der Waals surface area contributed by atoms with Crippen LogP contribution >= 0.6 is 0 Å². The summed E-state index contributed by atoms with van der Waals surface area (Å²) < 4.78 is 11.2. The van der Waals surface area contributed by atoms with E-state index < -0.39 is 0 Å². The van der Waals surface area contributed by atoms with Crippen molar-refractivity contribution in [3.05, 3.63) is 192 Å². The Morgan fingerprint density at radius 3 is 2.36 bits per heavy atom. The van der Waals surface area contributed by atoms with Gasteiger partial charge in [0.15, 0.2) is 0 Å². The van der Waals surface area contributed by atoms with E-state index in [-0.39, 0.29) is 17.3 Å². The van der Waals surface area contributed by atoms with Crippen LogP contribution in [0.5, 0.6) is 5.75 Å². The molecule has 5 heterocycles. The van der Waals surface area contributed by atoms with Gasteiger partial charge in [-0.25, -0.2) is 9.97 Å². The first-order chi connectivity index (χ1) is 26.0. The second kappa shape index (κ2) is 11.2. The minimum atomic E-state index is -0.239. The molecule has 0 saturated carbocycles. The minimum Gasteiger partial charge on any atom is -0.458 e. The van der Waals surface area contributed by atoms with Crippen LogP contribution in [0.4, 0.5) is 17.1 Å². The highest BCUT2D eigenvalue weighted by atomic mass is 16.5. The van der Waals surface area contributed by atoms with Gasteiger partial charge in [0.05, 0.1) is 28.3 Å². The fraction of sp³-hybridized carbons (Fsp3) is 0.106. The first kappa shape index (κ1) is 30.0. The van der Waals surface area contributed by atoms with E-state index in [4.69, 9.17) is 14.7 Å². The predicted octanol–water partition coefficient (Wildman–Crippen LogP) is 11.2. The van der Waals surface area contributed by atoms with Crippen LogP contribution in [-0.2, 0) is 5.41 Å². The van der Waals surface area contributed by atoms with Crippen molar-refractivity contribution in [3.63, 3.8) is 0 Å². The molecular formula is C47H35N5O. The number of anilines is 3. The van der Waals surface area contributed by atoms with Gasteiger partial charge in [0.1, 0.15) is 23.0 Å². The van der Waals surface area contributed by atoms with Gasteiger partial charge < -0.3 is 14.2 Å². The van der Waals surface area contributed by atoms with Gasteiger partial charge in [-0.15, -0.1) is 0 Å². The molecule has 1 aliphatic carbocycles. The summed E-state index contributed by atoms with van der Waals surface area (Å²) in [7, 11) is 0. The van der Waals surface area contributed by atoms with Gasteiger partial charge in [0, 0.05) is 58.4 Å². The van der Waals surface area contributed by atoms with Crippen LogP contribution in [0.15, 0.2) is 170 Å². The molecule has 0 radical (unpaired) electrons. The number of benzene rings is 5. The summed E-state index contributed by atoms with van der Waals surface area (Å²) in [5.74, 6) is 2.91. The first-order valence-electron chi connectivity index (χ1n) is 18.2. The van der Waals surface area contributed by atoms with Crippen LogP contribution in [0.25, 0.3) is 33.3 Å². The second-order valence-corrected chi connectivity index (χ2v) is 14.7. The summed E-state index contributed by atoms with van der Waals surface area (Å²) in [5, 5.41) is 2.27. The van der Waals surface area contributed by atoms with E-state index in [2.05, 4.69) is 168 Å². The Bertz CT molecular complexity index is 2820. The average molecular weight is 686 g/mol. The lowest BCUT2D eigenvalue weighted by atomic mass is 9.73. The standard InChI is InChI=1S/C47H35N5O/c1-47(2)39-18-7-9-20-42(39)51(30-12-4-3-5-13-30)44-28-37-36-17-11-23-48-46(36)52(43(37)29-40(44)47)31-14-10-15-32(26-31)53-33-21-22-34-35-16-6-8-19-41(35)50-25-24-49-45(50)38(34)27-33/h3-29,34,38H,1-2H3. The number of nitrogens with zero attached hydrogens (tertiary/aromatic N) is 5. The number of ether oxygens (including phenoxy) is 1. The monoisotopic (exact) mass is 685 g/mol. The number of pyridine rings is 1. The lowest BCUT2D eigenvalue weighted by molar-refractivity contribution is 0.430. The molecule has 53 heavy (non-hydrogen) atoms. The highest BCUT2D eigenvalue weighted by Crippen LogP contribution is 2.53. The normalized spacial score (nSPS) is 17.8. The molecule has 0 spiro atoms. The number of aromatic nitrogens is 4. The molecule has 0 N–H and O–H groups in total. The number of allylic oxidation sites excluding steroid dienone is 3. The largest absolute Gasteiger partial charge is 0.458 e.